The van der Waals surface area contributed by atoms with Gasteiger partial charge in [-0.15, -0.1) is 0 Å². The Morgan fingerprint density at radius 2 is 1.10 bits per heavy atom. The lowest BCUT2D eigenvalue weighted by Crippen LogP contribution is -2.59. The van der Waals surface area contributed by atoms with E-state index in [1.807, 2.05) is 0 Å². The molecule has 0 spiro atoms. The summed E-state index contributed by atoms with van der Waals surface area (Å²) in [6, 6.07) is -5.28. The highest BCUT2D eigenvalue weighted by molar-refractivity contribution is 5.97. The van der Waals surface area contributed by atoms with Crippen LogP contribution in [0.3, 0.4) is 0 Å². The highest BCUT2D eigenvalue weighted by atomic mass is 16.4. The van der Waals surface area contributed by atoms with Crippen LogP contribution in [0, 0.1) is 11.8 Å². The SMILES string of the molecule is CC(C)C(N)C(=O)NC(CC(N)=O)C(=O)NC(CC(N)=O)C(=O)NC(C(=O)O)C(C)C. The van der Waals surface area contributed by atoms with Gasteiger partial charge in [-0.05, 0) is 11.8 Å². The minimum atomic E-state index is -1.54. The summed E-state index contributed by atoms with van der Waals surface area (Å²) >= 11 is 0. The molecule has 0 aliphatic carbocycles. The fourth-order valence-corrected chi connectivity index (χ4v) is 2.43. The minimum absolute atomic E-state index is 0.269. The van der Waals surface area contributed by atoms with Crippen molar-refractivity contribution in [2.75, 3.05) is 0 Å². The van der Waals surface area contributed by atoms with Gasteiger partial charge in [-0.2, -0.15) is 0 Å². The van der Waals surface area contributed by atoms with E-state index in [0.29, 0.717) is 0 Å². The number of rotatable bonds is 13. The van der Waals surface area contributed by atoms with Crippen molar-refractivity contribution in [1.82, 2.24) is 16.0 Å². The zero-order valence-electron chi connectivity index (χ0n) is 18.0. The molecule has 0 heterocycles. The molecule has 10 N–H and O–H groups in total. The molecule has 4 unspecified atom stereocenters. The van der Waals surface area contributed by atoms with Crippen molar-refractivity contribution in [1.29, 1.82) is 0 Å². The van der Waals surface area contributed by atoms with Crippen LogP contribution < -0.4 is 33.2 Å². The molecule has 0 saturated heterocycles. The lowest BCUT2D eigenvalue weighted by atomic mass is 10.0. The Morgan fingerprint density at radius 3 is 1.42 bits per heavy atom. The Bertz CT molecular complexity index is 710. The van der Waals surface area contributed by atoms with Crippen molar-refractivity contribution in [2.24, 2.45) is 29.0 Å². The van der Waals surface area contributed by atoms with Crippen LogP contribution in [0.4, 0.5) is 0 Å². The zero-order valence-corrected chi connectivity index (χ0v) is 18.0. The number of aliphatic carboxylic acids is 1. The van der Waals surface area contributed by atoms with Crippen LogP contribution in [-0.2, 0) is 28.8 Å². The highest BCUT2D eigenvalue weighted by Gasteiger charge is 2.32. The fourth-order valence-electron chi connectivity index (χ4n) is 2.43. The topological polar surface area (TPSA) is 237 Å². The Balaban J connectivity index is 5.56. The van der Waals surface area contributed by atoms with Crippen LogP contribution in [-0.4, -0.2) is 64.8 Å². The van der Waals surface area contributed by atoms with Gasteiger partial charge in [-0.25, -0.2) is 4.79 Å². The van der Waals surface area contributed by atoms with E-state index in [2.05, 4.69) is 16.0 Å². The third-order valence-corrected chi connectivity index (χ3v) is 4.33. The maximum atomic E-state index is 12.6. The van der Waals surface area contributed by atoms with Crippen molar-refractivity contribution >= 4 is 35.5 Å². The average Bonchev–Trinajstić information content (AvgIpc) is 2.62. The lowest BCUT2D eigenvalue weighted by Gasteiger charge is -2.25. The summed E-state index contributed by atoms with van der Waals surface area (Å²) in [6.07, 6.45) is -1.25. The van der Waals surface area contributed by atoms with Crippen LogP contribution >= 0.6 is 0 Å². The summed E-state index contributed by atoms with van der Waals surface area (Å²) in [4.78, 5) is 71.3. The summed E-state index contributed by atoms with van der Waals surface area (Å²) in [7, 11) is 0. The van der Waals surface area contributed by atoms with E-state index >= 15 is 0 Å². The third-order valence-electron chi connectivity index (χ3n) is 4.33. The molecule has 0 aromatic heterocycles. The fraction of sp³-hybridized carbons (Fsp3) is 0.667. The van der Waals surface area contributed by atoms with E-state index < -0.39 is 78.4 Å². The molecule has 176 valence electrons. The van der Waals surface area contributed by atoms with Gasteiger partial charge in [0, 0.05) is 0 Å². The molecule has 0 saturated carbocycles. The number of carboxylic acid groups (broad SMARTS) is 1. The van der Waals surface area contributed by atoms with E-state index in [9.17, 15) is 33.9 Å². The molecule has 0 rings (SSSR count). The van der Waals surface area contributed by atoms with Crippen LogP contribution in [0.5, 0.6) is 0 Å². The number of hydrogen-bond acceptors (Lipinski definition) is 7. The molecule has 31 heavy (non-hydrogen) atoms. The summed E-state index contributed by atoms with van der Waals surface area (Å²) in [6.45, 7) is 6.46. The van der Waals surface area contributed by atoms with E-state index in [1.165, 1.54) is 0 Å². The second-order valence-corrected chi connectivity index (χ2v) is 7.80. The molecule has 4 atom stereocenters. The Hall–Kier alpha value is -3.22. The largest absolute Gasteiger partial charge is 0.480 e. The molecular formula is C18H32N6O7. The maximum absolute atomic E-state index is 12.6. The Kier molecular flexibility index (Phi) is 11.2. The van der Waals surface area contributed by atoms with Crippen LogP contribution in [0.1, 0.15) is 40.5 Å². The van der Waals surface area contributed by atoms with Crippen molar-refractivity contribution in [3.8, 4) is 0 Å². The van der Waals surface area contributed by atoms with E-state index in [0.717, 1.165) is 0 Å². The smallest absolute Gasteiger partial charge is 0.326 e. The maximum Gasteiger partial charge on any atom is 0.326 e. The molecule has 0 aliphatic rings. The minimum Gasteiger partial charge on any atom is -0.480 e. The van der Waals surface area contributed by atoms with E-state index in [-0.39, 0.29) is 5.92 Å². The number of amides is 5. The summed E-state index contributed by atoms with van der Waals surface area (Å²) in [5.41, 5.74) is 16.0. The number of nitrogens with one attached hydrogen (secondary N) is 3. The van der Waals surface area contributed by atoms with Crippen molar-refractivity contribution < 1.29 is 33.9 Å². The van der Waals surface area contributed by atoms with Gasteiger partial charge < -0.3 is 38.3 Å². The highest BCUT2D eigenvalue weighted by Crippen LogP contribution is 2.05. The molecule has 5 amide bonds. The Morgan fingerprint density at radius 1 is 0.710 bits per heavy atom. The number of carbonyl (C=O) groups excluding carboxylic acids is 5. The first kappa shape index (κ1) is 27.8. The van der Waals surface area contributed by atoms with Gasteiger partial charge in [0.25, 0.3) is 0 Å². The van der Waals surface area contributed by atoms with Crippen molar-refractivity contribution in [3.63, 3.8) is 0 Å². The second kappa shape index (κ2) is 12.5. The Labute approximate surface area is 179 Å². The predicted molar refractivity (Wildman–Crippen MR) is 109 cm³/mol. The standard InChI is InChI=1S/C18H32N6O7/c1-7(2)13(21)17(29)23-9(5-11(19)25)15(27)22-10(6-12(20)26)16(28)24-14(8(3)4)18(30)31/h7-10,13-14H,5-6,21H2,1-4H3,(H2,19,25)(H2,20,26)(H,22,27)(H,23,29)(H,24,28)(H,30,31). The molecule has 13 heteroatoms. The normalized spacial score (nSPS) is 14.8. The van der Waals surface area contributed by atoms with Gasteiger partial charge in [-0.3, -0.25) is 24.0 Å². The first-order valence-corrected chi connectivity index (χ1v) is 9.63. The molecule has 0 bridgehead atoms. The van der Waals surface area contributed by atoms with Crippen molar-refractivity contribution in [3.05, 3.63) is 0 Å². The molecule has 0 aromatic rings. The summed E-state index contributed by atoms with van der Waals surface area (Å²) in [5, 5.41) is 15.9. The summed E-state index contributed by atoms with van der Waals surface area (Å²) in [5.74, 6) is -6.64. The van der Waals surface area contributed by atoms with Crippen LogP contribution in [0.2, 0.25) is 0 Å². The lowest BCUT2D eigenvalue weighted by molar-refractivity contribution is -0.143. The molecule has 0 fully saturated rings. The first-order chi connectivity index (χ1) is 14.2. The molecule has 13 nitrogen and oxygen atoms in total. The van der Waals surface area contributed by atoms with E-state index in [1.54, 1.807) is 27.7 Å². The van der Waals surface area contributed by atoms with Gasteiger partial charge in [-0.1, -0.05) is 27.7 Å². The van der Waals surface area contributed by atoms with Gasteiger partial charge in [0.2, 0.25) is 29.5 Å². The van der Waals surface area contributed by atoms with Crippen LogP contribution in [0.25, 0.3) is 0 Å². The molecular weight excluding hydrogens is 412 g/mol. The van der Waals surface area contributed by atoms with Gasteiger partial charge in [0.05, 0.1) is 18.9 Å². The average molecular weight is 444 g/mol. The first-order valence-electron chi connectivity index (χ1n) is 9.63. The van der Waals surface area contributed by atoms with E-state index in [4.69, 9.17) is 17.2 Å². The number of carboxylic acids is 1. The van der Waals surface area contributed by atoms with Gasteiger partial charge in [0.15, 0.2) is 0 Å². The zero-order chi connectivity index (χ0) is 24.5. The van der Waals surface area contributed by atoms with Crippen LogP contribution in [0.15, 0.2) is 0 Å². The molecule has 0 aromatic carbocycles. The molecule has 0 aliphatic heterocycles. The monoisotopic (exact) mass is 444 g/mol. The quantitative estimate of drug-likeness (QED) is 0.153. The third kappa shape index (κ3) is 9.89. The van der Waals surface area contributed by atoms with Gasteiger partial charge >= 0.3 is 5.97 Å². The molecule has 0 radical (unpaired) electrons. The number of carbonyl (C=O) groups is 6. The van der Waals surface area contributed by atoms with Gasteiger partial charge in [0.1, 0.15) is 18.1 Å². The van der Waals surface area contributed by atoms with Crippen molar-refractivity contribution in [2.45, 2.75) is 64.7 Å². The number of nitrogens with two attached hydrogens (primary N) is 3. The number of hydrogen-bond donors (Lipinski definition) is 7. The second-order valence-electron chi connectivity index (χ2n) is 7.80. The number of primary amides is 2. The summed E-state index contributed by atoms with van der Waals surface area (Å²) < 4.78 is 0. The predicted octanol–water partition coefficient (Wildman–Crippen LogP) is -3.08.